The van der Waals surface area contributed by atoms with Gasteiger partial charge in [0.1, 0.15) is 17.3 Å². The number of rotatable bonds is 3. The summed E-state index contributed by atoms with van der Waals surface area (Å²) in [5.74, 6) is 1.65. The quantitative estimate of drug-likeness (QED) is 0.723. The Kier molecular flexibility index (Phi) is 3.42. The maximum atomic E-state index is 12.7. The van der Waals surface area contributed by atoms with Crippen molar-refractivity contribution in [2.24, 2.45) is 0 Å². The van der Waals surface area contributed by atoms with Gasteiger partial charge in [-0.2, -0.15) is 0 Å². The van der Waals surface area contributed by atoms with Crippen LogP contribution in [0.25, 0.3) is 17.4 Å². The smallest absolute Gasteiger partial charge is 0.134 e. The molecule has 0 N–H and O–H groups in total. The van der Waals surface area contributed by atoms with Gasteiger partial charge in [0, 0.05) is 11.4 Å². The Morgan fingerprint density at radius 2 is 1.88 bits per heavy atom. The average Bonchev–Trinajstić information content (AvgIpc) is 2.76. The maximum absolute atomic E-state index is 12.7. The number of furan rings is 1. The summed E-state index contributed by atoms with van der Waals surface area (Å²) in [6.07, 6.45) is 3.61. The van der Waals surface area contributed by atoms with Crippen LogP contribution in [0.2, 0.25) is 0 Å². The van der Waals surface area contributed by atoms with Crippen molar-refractivity contribution in [3.8, 4) is 11.3 Å². The third kappa shape index (κ3) is 2.52. The minimum atomic E-state index is -0.252. The lowest BCUT2D eigenvalue weighted by Crippen LogP contribution is -1.75. The predicted octanol–water partition coefficient (Wildman–Crippen LogP) is 4.34. The van der Waals surface area contributed by atoms with Gasteiger partial charge < -0.3 is 4.42 Å². The van der Waals surface area contributed by atoms with E-state index in [-0.39, 0.29) is 5.82 Å². The van der Waals surface area contributed by atoms with Gasteiger partial charge >= 0.3 is 0 Å². The topological polar surface area (TPSA) is 13.1 Å². The fourth-order valence-electron chi connectivity index (χ4n) is 1.37. The number of benzene rings is 1. The highest BCUT2D eigenvalue weighted by Gasteiger charge is 2.02. The number of halogens is 2. The Labute approximate surface area is 98.2 Å². The number of alkyl halides is 1. The fourth-order valence-corrected chi connectivity index (χ4v) is 1.46. The van der Waals surface area contributed by atoms with E-state index in [4.69, 9.17) is 16.0 Å². The van der Waals surface area contributed by atoms with Crippen molar-refractivity contribution in [2.45, 2.75) is 0 Å². The monoisotopic (exact) mass is 236 g/mol. The SMILES string of the molecule is Fc1ccc(-c2ccc(C=CCCl)o2)cc1. The van der Waals surface area contributed by atoms with E-state index in [1.54, 1.807) is 24.3 Å². The first-order valence-electron chi connectivity index (χ1n) is 4.88. The van der Waals surface area contributed by atoms with Crippen LogP contribution in [-0.2, 0) is 0 Å². The van der Waals surface area contributed by atoms with E-state index in [1.165, 1.54) is 12.1 Å². The summed E-state index contributed by atoms with van der Waals surface area (Å²) in [5.41, 5.74) is 0.854. The second-order valence-corrected chi connectivity index (χ2v) is 3.57. The zero-order valence-electron chi connectivity index (χ0n) is 8.49. The lowest BCUT2D eigenvalue weighted by molar-refractivity contribution is 0.571. The van der Waals surface area contributed by atoms with Gasteiger partial charge in [-0.3, -0.25) is 0 Å². The van der Waals surface area contributed by atoms with Gasteiger partial charge in [-0.15, -0.1) is 11.6 Å². The van der Waals surface area contributed by atoms with Crippen molar-refractivity contribution < 1.29 is 8.81 Å². The summed E-state index contributed by atoms with van der Waals surface area (Å²) in [6.45, 7) is 0. The Morgan fingerprint density at radius 1 is 1.12 bits per heavy atom. The lowest BCUT2D eigenvalue weighted by Gasteiger charge is -1.95. The van der Waals surface area contributed by atoms with Crippen LogP contribution in [0.3, 0.4) is 0 Å². The van der Waals surface area contributed by atoms with Gasteiger partial charge in [-0.25, -0.2) is 4.39 Å². The van der Waals surface area contributed by atoms with Gasteiger partial charge in [0.2, 0.25) is 0 Å². The van der Waals surface area contributed by atoms with E-state index in [0.29, 0.717) is 11.6 Å². The summed E-state index contributed by atoms with van der Waals surface area (Å²) >= 11 is 5.52. The van der Waals surface area contributed by atoms with Gasteiger partial charge in [-0.05, 0) is 42.5 Å². The largest absolute Gasteiger partial charge is 0.457 e. The molecule has 0 amide bonds. The summed E-state index contributed by atoms with van der Waals surface area (Å²) in [6, 6.07) is 9.88. The lowest BCUT2D eigenvalue weighted by atomic mass is 10.2. The molecular weight excluding hydrogens is 227 g/mol. The molecule has 0 bridgehead atoms. The van der Waals surface area contributed by atoms with Crippen LogP contribution in [0.4, 0.5) is 4.39 Å². The van der Waals surface area contributed by atoms with Gasteiger partial charge in [-0.1, -0.05) is 6.08 Å². The minimum Gasteiger partial charge on any atom is -0.457 e. The number of hydrogen-bond acceptors (Lipinski definition) is 1. The summed E-state index contributed by atoms with van der Waals surface area (Å²) in [5, 5.41) is 0. The molecule has 0 atom stereocenters. The van der Waals surface area contributed by atoms with Crippen LogP contribution in [0, 0.1) is 5.82 Å². The Bertz CT molecular complexity index is 485. The third-order valence-corrected chi connectivity index (χ3v) is 2.30. The summed E-state index contributed by atoms with van der Waals surface area (Å²) < 4.78 is 18.3. The van der Waals surface area contributed by atoms with Crippen LogP contribution in [0.1, 0.15) is 5.76 Å². The molecule has 0 aliphatic heterocycles. The molecule has 0 unspecified atom stereocenters. The molecule has 0 aliphatic carbocycles. The maximum Gasteiger partial charge on any atom is 0.134 e. The number of allylic oxidation sites excluding steroid dienone is 1. The molecule has 0 saturated carbocycles. The first-order valence-corrected chi connectivity index (χ1v) is 5.41. The molecule has 2 rings (SSSR count). The molecule has 1 aromatic carbocycles. The molecule has 3 heteroatoms. The predicted molar refractivity (Wildman–Crippen MR) is 63.9 cm³/mol. The average molecular weight is 237 g/mol. The Hall–Kier alpha value is -1.54. The van der Waals surface area contributed by atoms with E-state index in [1.807, 2.05) is 12.1 Å². The first-order chi connectivity index (χ1) is 7.79. The second kappa shape index (κ2) is 4.99. The normalized spacial score (nSPS) is 11.1. The van der Waals surface area contributed by atoms with Crippen molar-refractivity contribution in [1.82, 2.24) is 0 Å². The molecule has 0 fully saturated rings. The van der Waals surface area contributed by atoms with E-state index in [2.05, 4.69) is 0 Å². The highest BCUT2D eigenvalue weighted by Crippen LogP contribution is 2.22. The molecule has 82 valence electrons. The molecule has 1 nitrogen and oxygen atoms in total. The summed E-state index contributed by atoms with van der Waals surface area (Å²) in [7, 11) is 0. The van der Waals surface area contributed by atoms with E-state index < -0.39 is 0 Å². The Morgan fingerprint density at radius 3 is 2.56 bits per heavy atom. The minimum absolute atomic E-state index is 0.252. The second-order valence-electron chi connectivity index (χ2n) is 3.27. The summed E-state index contributed by atoms with van der Waals surface area (Å²) in [4.78, 5) is 0. The fraction of sp³-hybridized carbons (Fsp3) is 0.0769. The molecule has 0 spiro atoms. The molecular formula is C13H10ClFO. The zero-order valence-corrected chi connectivity index (χ0v) is 9.25. The van der Waals surface area contributed by atoms with Gasteiger partial charge in [0.15, 0.2) is 0 Å². The third-order valence-electron chi connectivity index (χ3n) is 2.13. The van der Waals surface area contributed by atoms with Crippen LogP contribution < -0.4 is 0 Å². The highest BCUT2D eigenvalue weighted by atomic mass is 35.5. The van der Waals surface area contributed by atoms with E-state index in [0.717, 1.165) is 11.3 Å². The van der Waals surface area contributed by atoms with Gasteiger partial charge in [0.25, 0.3) is 0 Å². The molecule has 0 radical (unpaired) electrons. The molecule has 16 heavy (non-hydrogen) atoms. The van der Waals surface area contributed by atoms with Crippen molar-refractivity contribution >= 4 is 17.7 Å². The van der Waals surface area contributed by atoms with Crippen LogP contribution >= 0.6 is 11.6 Å². The van der Waals surface area contributed by atoms with Crippen LogP contribution in [-0.4, -0.2) is 5.88 Å². The van der Waals surface area contributed by atoms with E-state index >= 15 is 0 Å². The molecule has 0 aliphatic rings. The van der Waals surface area contributed by atoms with E-state index in [9.17, 15) is 4.39 Å². The van der Waals surface area contributed by atoms with Crippen molar-refractivity contribution in [2.75, 3.05) is 5.88 Å². The zero-order chi connectivity index (χ0) is 11.4. The van der Waals surface area contributed by atoms with Gasteiger partial charge in [0.05, 0.1) is 0 Å². The Balaban J connectivity index is 2.24. The first kappa shape index (κ1) is 11.0. The van der Waals surface area contributed by atoms with Crippen molar-refractivity contribution in [3.05, 3.63) is 54.1 Å². The van der Waals surface area contributed by atoms with Crippen LogP contribution in [0.15, 0.2) is 46.9 Å². The standard InChI is InChI=1S/C13H10ClFO/c14-9-1-2-12-7-8-13(16-12)10-3-5-11(15)6-4-10/h1-8H,9H2. The molecule has 0 saturated heterocycles. The molecule has 1 heterocycles. The molecule has 1 aromatic heterocycles. The highest BCUT2D eigenvalue weighted by molar-refractivity contribution is 6.19. The van der Waals surface area contributed by atoms with Crippen LogP contribution in [0.5, 0.6) is 0 Å². The van der Waals surface area contributed by atoms with Crippen molar-refractivity contribution in [1.29, 1.82) is 0 Å². The number of hydrogen-bond donors (Lipinski definition) is 0. The van der Waals surface area contributed by atoms with Crippen molar-refractivity contribution in [3.63, 3.8) is 0 Å². The molecule has 2 aromatic rings.